The van der Waals surface area contributed by atoms with Crippen molar-refractivity contribution in [1.82, 2.24) is 4.90 Å². The normalized spacial score (nSPS) is 24.8. The number of ether oxygens (including phenoxy) is 2. The Kier molecular flexibility index (Phi) is 4.13. The van der Waals surface area contributed by atoms with E-state index in [1.54, 1.807) is 0 Å². The molecule has 108 valence electrons. The zero-order valence-corrected chi connectivity index (χ0v) is 12.0. The van der Waals surface area contributed by atoms with Gasteiger partial charge in [-0.2, -0.15) is 0 Å². The first-order valence-corrected chi connectivity index (χ1v) is 6.99. The van der Waals surface area contributed by atoms with Crippen molar-refractivity contribution in [3.63, 3.8) is 0 Å². The summed E-state index contributed by atoms with van der Waals surface area (Å²) < 4.78 is 10.7. The Morgan fingerprint density at radius 3 is 2.47 bits per heavy atom. The summed E-state index contributed by atoms with van der Waals surface area (Å²) in [6.45, 7) is 6.68. The van der Waals surface area contributed by atoms with Crippen LogP contribution in [-0.4, -0.2) is 48.2 Å². The van der Waals surface area contributed by atoms with E-state index in [0.29, 0.717) is 19.8 Å². The van der Waals surface area contributed by atoms with Crippen LogP contribution < -0.4 is 0 Å². The van der Waals surface area contributed by atoms with Crippen LogP contribution in [0, 0.1) is 5.92 Å². The van der Waals surface area contributed by atoms with E-state index < -0.39 is 17.7 Å². The molecule has 19 heavy (non-hydrogen) atoms. The van der Waals surface area contributed by atoms with E-state index in [0.717, 1.165) is 19.3 Å². The first kappa shape index (κ1) is 14.3. The van der Waals surface area contributed by atoms with Crippen molar-refractivity contribution < 1.29 is 19.1 Å². The third-order valence-corrected chi connectivity index (χ3v) is 3.59. The number of carbonyl (C=O) groups is 2. The van der Waals surface area contributed by atoms with Crippen molar-refractivity contribution in [3.05, 3.63) is 0 Å². The average Bonchev–Trinajstić information content (AvgIpc) is 2.24. The first-order valence-electron chi connectivity index (χ1n) is 6.99. The van der Waals surface area contributed by atoms with Crippen molar-refractivity contribution in [3.8, 4) is 0 Å². The van der Waals surface area contributed by atoms with Gasteiger partial charge in [0.25, 0.3) is 0 Å². The number of ketones is 1. The zero-order valence-electron chi connectivity index (χ0n) is 12.0. The van der Waals surface area contributed by atoms with Gasteiger partial charge >= 0.3 is 6.09 Å². The van der Waals surface area contributed by atoms with Gasteiger partial charge in [0, 0.05) is 12.5 Å². The number of rotatable bonds is 2. The Balaban J connectivity index is 2.02. The summed E-state index contributed by atoms with van der Waals surface area (Å²) in [6.07, 6.45) is 2.58. The molecule has 1 atom stereocenters. The van der Waals surface area contributed by atoms with Gasteiger partial charge in [0.1, 0.15) is 11.6 Å². The molecular formula is C14H23NO4. The van der Waals surface area contributed by atoms with Gasteiger partial charge in [-0.1, -0.05) is 6.42 Å². The summed E-state index contributed by atoms with van der Waals surface area (Å²) in [5.74, 6) is 0.244. The molecule has 5 heteroatoms. The number of Topliss-reactive ketones (excluding diaryl/α,β-unsaturated/α-hetero) is 1. The van der Waals surface area contributed by atoms with Crippen LogP contribution in [0.3, 0.4) is 0 Å². The maximum Gasteiger partial charge on any atom is 0.411 e. The average molecular weight is 269 g/mol. The summed E-state index contributed by atoms with van der Waals surface area (Å²) in [5.41, 5.74) is -0.542. The molecule has 0 radical (unpaired) electrons. The van der Waals surface area contributed by atoms with Gasteiger partial charge in [-0.15, -0.1) is 0 Å². The van der Waals surface area contributed by atoms with E-state index in [1.165, 1.54) is 4.90 Å². The highest BCUT2D eigenvalue weighted by molar-refractivity contribution is 5.90. The fourth-order valence-electron chi connectivity index (χ4n) is 2.34. The maximum absolute atomic E-state index is 12.3. The number of hydrogen-bond acceptors (Lipinski definition) is 4. The summed E-state index contributed by atoms with van der Waals surface area (Å²) in [5, 5.41) is 0. The highest BCUT2D eigenvalue weighted by Gasteiger charge is 2.39. The third-order valence-electron chi connectivity index (χ3n) is 3.59. The van der Waals surface area contributed by atoms with Crippen molar-refractivity contribution in [2.24, 2.45) is 5.92 Å². The van der Waals surface area contributed by atoms with Crippen LogP contribution in [0.2, 0.25) is 0 Å². The quantitative estimate of drug-likeness (QED) is 0.769. The van der Waals surface area contributed by atoms with Crippen LogP contribution in [0.15, 0.2) is 0 Å². The minimum atomic E-state index is -0.542. The molecule has 1 aliphatic heterocycles. The predicted molar refractivity (Wildman–Crippen MR) is 69.9 cm³/mol. The second kappa shape index (κ2) is 5.49. The number of amides is 1. The van der Waals surface area contributed by atoms with Crippen LogP contribution in [0.1, 0.15) is 40.0 Å². The van der Waals surface area contributed by atoms with Gasteiger partial charge in [0.2, 0.25) is 0 Å². The van der Waals surface area contributed by atoms with E-state index in [4.69, 9.17) is 9.47 Å². The van der Waals surface area contributed by atoms with Gasteiger partial charge in [0.05, 0.1) is 13.2 Å². The van der Waals surface area contributed by atoms with E-state index in [-0.39, 0.29) is 11.7 Å². The number of carbonyl (C=O) groups excluding carboxylic acids is 2. The molecule has 1 saturated carbocycles. The van der Waals surface area contributed by atoms with Gasteiger partial charge in [-0.25, -0.2) is 4.79 Å². The van der Waals surface area contributed by atoms with E-state index >= 15 is 0 Å². The summed E-state index contributed by atoms with van der Waals surface area (Å²) in [7, 11) is 0. The van der Waals surface area contributed by atoms with Gasteiger partial charge in [-0.05, 0) is 33.6 Å². The van der Waals surface area contributed by atoms with Crippen molar-refractivity contribution in [2.45, 2.75) is 51.7 Å². The lowest BCUT2D eigenvalue weighted by Gasteiger charge is -2.38. The van der Waals surface area contributed by atoms with Gasteiger partial charge in [0.15, 0.2) is 5.78 Å². The molecule has 0 aromatic heterocycles. The number of morpholine rings is 1. The van der Waals surface area contributed by atoms with Crippen LogP contribution in [0.5, 0.6) is 0 Å². The Bertz CT molecular complexity index is 357. The molecule has 0 aromatic carbocycles. The lowest BCUT2D eigenvalue weighted by atomic mass is 9.79. The predicted octanol–water partition coefficient (Wildman–Crippen LogP) is 1.99. The van der Waals surface area contributed by atoms with Crippen molar-refractivity contribution in [2.75, 3.05) is 19.8 Å². The lowest BCUT2D eigenvalue weighted by Crippen LogP contribution is -2.55. The lowest BCUT2D eigenvalue weighted by molar-refractivity contribution is -0.136. The molecule has 2 fully saturated rings. The second-order valence-corrected chi connectivity index (χ2v) is 6.29. The summed E-state index contributed by atoms with van der Waals surface area (Å²) in [4.78, 5) is 26.0. The van der Waals surface area contributed by atoms with Crippen molar-refractivity contribution >= 4 is 11.9 Å². The molecule has 2 aliphatic rings. The number of hydrogen-bond donors (Lipinski definition) is 0. The Labute approximate surface area is 114 Å². The van der Waals surface area contributed by atoms with Crippen LogP contribution >= 0.6 is 0 Å². The monoisotopic (exact) mass is 269 g/mol. The van der Waals surface area contributed by atoms with E-state index in [2.05, 4.69) is 0 Å². The standard InChI is InChI=1S/C14H23NO4/c1-14(2,3)19-13(17)15-7-8-18-9-11(15)12(16)10-5-4-6-10/h10-11H,4-9H2,1-3H3. The fourth-order valence-corrected chi connectivity index (χ4v) is 2.34. The number of nitrogens with zero attached hydrogens (tertiary/aromatic N) is 1. The van der Waals surface area contributed by atoms with E-state index in [1.807, 2.05) is 20.8 Å². The molecule has 0 N–H and O–H groups in total. The molecular weight excluding hydrogens is 246 g/mol. The SMILES string of the molecule is CC(C)(C)OC(=O)N1CCOCC1C(=O)C1CCC1. The Hall–Kier alpha value is -1.10. The Morgan fingerprint density at radius 2 is 1.95 bits per heavy atom. The molecule has 2 rings (SSSR count). The zero-order chi connectivity index (χ0) is 14.0. The second-order valence-electron chi connectivity index (χ2n) is 6.29. The fraction of sp³-hybridized carbons (Fsp3) is 0.857. The highest BCUT2D eigenvalue weighted by Crippen LogP contribution is 2.30. The van der Waals surface area contributed by atoms with Crippen LogP contribution in [0.4, 0.5) is 4.79 Å². The third kappa shape index (κ3) is 3.47. The van der Waals surface area contributed by atoms with Crippen molar-refractivity contribution in [1.29, 1.82) is 0 Å². The highest BCUT2D eigenvalue weighted by atomic mass is 16.6. The molecule has 1 amide bonds. The molecule has 5 nitrogen and oxygen atoms in total. The molecule has 1 aliphatic carbocycles. The maximum atomic E-state index is 12.3. The molecule has 1 heterocycles. The molecule has 0 bridgehead atoms. The topological polar surface area (TPSA) is 55.8 Å². The summed E-state index contributed by atoms with van der Waals surface area (Å²) >= 11 is 0. The molecule has 0 spiro atoms. The van der Waals surface area contributed by atoms with E-state index in [9.17, 15) is 9.59 Å². The van der Waals surface area contributed by atoms with Gasteiger partial charge in [-0.3, -0.25) is 9.69 Å². The summed E-state index contributed by atoms with van der Waals surface area (Å²) in [6, 6.07) is -0.464. The molecule has 0 aromatic rings. The van der Waals surface area contributed by atoms with Gasteiger partial charge < -0.3 is 9.47 Å². The minimum Gasteiger partial charge on any atom is -0.444 e. The van der Waals surface area contributed by atoms with Crippen LogP contribution in [0.25, 0.3) is 0 Å². The smallest absolute Gasteiger partial charge is 0.411 e. The minimum absolute atomic E-state index is 0.108. The largest absolute Gasteiger partial charge is 0.444 e. The first-order chi connectivity index (χ1) is 8.88. The molecule has 1 unspecified atom stereocenters. The Morgan fingerprint density at radius 1 is 1.26 bits per heavy atom. The molecule has 1 saturated heterocycles. The van der Waals surface area contributed by atoms with Crippen LogP contribution in [-0.2, 0) is 14.3 Å².